The monoisotopic (exact) mass is 141 g/mol. The summed E-state index contributed by atoms with van der Waals surface area (Å²) in [6, 6.07) is 0.465. The summed E-state index contributed by atoms with van der Waals surface area (Å²) >= 11 is 0. The number of nitrogens with one attached hydrogen (secondary N) is 1. The Labute approximate surface area is 62.0 Å². The Hall–Kier alpha value is -0.530. The predicted octanol–water partition coefficient (Wildman–Crippen LogP) is 1.31. The first kappa shape index (κ1) is 7.58. The molecule has 2 atom stereocenters. The predicted molar refractivity (Wildman–Crippen MR) is 40.6 cm³/mol. The van der Waals surface area contributed by atoms with E-state index in [1.54, 1.807) is 6.92 Å². The van der Waals surface area contributed by atoms with Gasteiger partial charge in [-0.1, -0.05) is 6.92 Å². The summed E-state index contributed by atoms with van der Waals surface area (Å²) in [6.45, 7) is 3.82. The van der Waals surface area contributed by atoms with Crippen molar-refractivity contribution < 1.29 is 4.79 Å². The molecule has 0 aromatic heterocycles. The normalized spacial score (nSPS) is 32.2. The maximum Gasteiger partial charge on any atom is 0.217 e. The van der Waals surface area contributed by atoms with Crippen LogP contribution in [0.3, 0.4) is 0 Å². The van der Waals surface area contributed by atoms with Crippen LogP contribution in [0.15, 0.2) is 0 Å². The average molecular weight is 141 g/mol. The lowest BCUT2D eigenvalue weighted by Gasteiger charge is -2.09. The Kier molecular flexibility index (Phi) is 2.30. The van der Waals surface area contributed by atoms with E-state index in [0.29, 0.717) is 6.04 Å². The highest BCUT2D eigenvalue weighted by molar-refractivity contribution is 5.73. The number of hydrogen-bond acceptors (Lipinski definition) is 1. The first-order valence-corrected chi connectivity index (χ1v) is 3.95. The SMILES string of the molecule is CC(=O)N[C@H]1CC[C@@H](C)C1. The second kappa shape index (κ2) is 3.04. The van der Waals surface area contributed by atoms with Crippen molar-refractivity contribution >= 4 is 5.91 Å². The molecule has 1 saturated carbocycles. The quantitative estimate of drug-likeness (QED) is 0.586. The van der Waals surface area contributed by atoms with Gasteiger partial charge in [0.1, 0.15) is 0 Å². The highest BCUT2D eigenvalue weighted by Gasteiger charge is 2.21. The minimum Gasteiger partial charge on any atom is -0.354 e. The first-order valence-electron chi connectivity index (χ1n) is 3.95. The van der Waals surface area contributed by atoms with Gasteiger partial charge in [-0.15, -0.1) is 0 Å². The summed E-state index contributed by atoms with van der Waals surface area (Å²) in [5.74, 6) is 0.913. The van der Waals surface area contributed by atoms with E-state index in [0.717, 1.165) is 5.92 Å². The average Bonchev–Trinajstić information content (AvgIpc) is 2.13. The highest BCUT2D eigenvalue weighted by Crippen LogP contribution is 2.24. The smallest absolute Gasteiger partial charge is 0.217 e. The fourth-order valence-corrected chi connectivity index (χ4v) is 1.63. The zero-order valence-corrected chi connectivity index (χ0v) is 6.68. The molecule has 0 unspecified atom stereocenters. The van der Waals surface area contributed by atoms with Gasteiger partial charge in [-0.05, 0) is 25.2 Å². The molecule has 0 saturated heterocycles. The summed E-state index contributed by atoms with van der Waals surface area (Å²) in [7, 11) is 0. The van der Waals surface area contributed by atoms with Crippen molar-refractivity contribution in [1.29, 1.82) is 0 Å². The second-order valence-corrected chi connectivity index (χ2v) is 3.32. The van der Waals surface area contributed by atoms with Crippen LogP contribution in [0.2, 0.25) is 0 Å². The van der Waals surface area contributed by atoms with Gasteiger partial charge < -0.3 is 5.32 Å². The lowest BCUT2D eigenvalue weighted by Crippen LogP contribution is -2.30. The summed E-state index contributed by atoms with van der Waals surface area (Å²) in [5, 5.41) is 2.93. The maximum absolute atomic E-state index is 10.6. The van der Waals surface area contributed by atoms with Gasteiger partial charge in [-0.3, -0.25) is 4.79 Å². The molecule has 1 aliphatic carbocycles. The van der Waals surface area contributed by atoms with Crippen molar-refractivity contribution in [2.75, 3.05) is 0 Å². The van der Waals surface area contributed by atoms with Crippen molar-refractivity contribution in [2.24, 2.45) is 5.92 Å². The Balaban J connectivity index is 2.24. The minimum absolute atomic E-state index is 0.110. The molecule has 0 spiro atoms. The van der Waals surface area contributed by atoms with Crippen LogP contribution < -0.4 is 5.32 Å². The maximum atomic E-state index is 10.6. The number of rotatable bonds is 1. The van der Waals surface area contributed by atoms with Gasteiger partial charge in [0, 0.05) is 13.0 Å². The third-order valence-corrected chi connectivity index (χ3v) is 2.10. The lowest BCUT2D eigenvalue weighted by atomic mass is 10.1. The van der Waals surface area contributed by atoms with E-state index >= 15 is 0 Å². The summed E-state index contributed by atoms with van der Waals surface area (Å²) < 4.78 is 0. The highest BCUT2D eigenvalue weighted by atomic mass is 16.1. The zero-order chi connectivity index (χ0) is 7.56. The Morgan fingerprint density at radius 3 is 2.60 bits per heavy atom. The Bertz CT molecular complexity index is 133. The summed E-state index contributed by atoms with van der Waals surface area (Å²) in [4.78, 5) is 10.6. The Morgan fingerprint density at radius 1 is 1.50 bits per heavy atom. The summed E-state index contributed by atoms with van der Waals surface area (Å²) in [6.07, 6.45) is 3.60. The molecule has 0 heterocycles. The molecule has 0 aromatic rings. The minimum atomic E-state index is 0.110. The van der Waals surface area contributed by atoms with E-state index in [2.05, 4.69) is 12.2 Å². The molecule has 0 bridgehead atoms. The van der Waals surface area contributed by atoms with Crippen molar-refractivity contribution in [3.8, 4) is 0 Å². The molecule has 0 aliphatic heterocycles. The first-order chi connectivity index (χ1) is 4.68. The molecule has 1 rings (SSSR count). The van der Waals surface area contributed by atoms with E-state index < -0.39 is 0 Å². The van der Waals surface area contributed by atoms with Gasteiger partial charge in [0.25, 0.3) is 0 Å². The molecular weight excluding hydrogens is 126 g/mol. The van der Waals surface area contributed by atoms with Gasteiger partial charge >= 0.3 is 0 Å². The molecule has 1 aliphatic rings. The molecule has 10 heavy (non-hydrogen) atoms. The van der Waals surface area contributed by atoms with E-state index in [1.165, 1.54) is 19.3 Å². The van der Waals surface area contributed by atoms with Crippen molar-refractivity contribution in [2.45, 2.75) is 39.2 Å². The van der Waals surface area contributed by atoms with Gasteiger partial charge in [-0.2, -0.15) is 0 Å². The largest absolute Gasteiger partial charge is 0.354 e. The number of carbonyl (C=O) groups excluding carboxylic acids is 1. The molecule has 1 fully saturated rings. The zero-order valence-electron chi connectivity index (χ0n) is 6.68. The van der Waals surface area contributed by atoms with Gasteiger partial charge in [0.05, 0.1) is 0 Å². The number of carbonyl (C=O) groups is 1. The fourth-order valence-electron chi connectivity index (χ4n) is 1.63. The van der Waals surface area contributed by atoms with Crippen LogP contribution in [-0.2, 0) is 4.79 Å². The topological polar surface area (TPSA) is 29.1 Å². The molecule has 1 amide bonds. The van der Waals surface area contributed by atoms with Crippen LogP contribution in [0.25, 0.3) is 0 Å². The van der Waals surface area contributed by atoms with Crippen LogP contribution in [0, 0.1) is 5.92 Å². The van der Waals surface area contributed by atoms with E-state index in [4.69, 9.17) is 0 Å². The van der Waals surface area contributed by atoms with Gasteiger partial charge in [-0.25, -0.2) is 0 Å². The van der Waals surface area contributed by atoms with Crippen molar-refractivity contribution in [3.05, 3.63) is 0 Å². The molecule has 2 nitrogen and oxygen atoms in total. The Morgan fingerprint density at radius 2 is 2.20 bits per heavy atom. The van der Waals surface area contributed by atoms with Crippen molar-refractivity contribution in [3.63, 3.8) is 0 Å². The van der Waals surface area contributed by atoms with Crippen LogP contribution in [0.1, 0.15) is 33.1 Å². The molecular formula is C8H15NO. The second-order valence-electron chi connectivity index (χ2n) is 3.32. The van der Waals surface area contributed by atoms with Gasteiger partial charge in [0.15, 0.2) is 0 Å². The van der Waals surface area contributed by atoms with Crippen LogP contribution in [0.4, 0.5) is 0 Å². The molecule has 58 valence electrons. The van der Waals surface area contributed by atoms with Gasteiger partial charge in [0.2, 0.25) is 5.91 Å². The standard InChI is InChI=1S/C8H15NO/c1-6-3-4-8(5-6)9-7(2)10/h6,8H,3-5H2,1-2H3,(H,9,10)/t6-,8+/m1/s1. The van der Waals surface area contributed by atoms with Crippen LogP contribution in [-0.4, -0.2) is 11.9 Å². The van der Waals surface area contributed by atoms with Crippen LogP contribution >= 0.6 is 0 Å². The number of amides is 1. The van der Waals surface area contributed by atoms with E-state index in [1.807, 2.05) is 0 Å². The summed E-state index contributed by atoms with van der Waals surface area (Å²) in [5.41, 5.74) is 0. The number of hydrogen-bond donors (Lipinski definition) is 1. The lowest BCUT2D eigenvalue weighted by molar-refractivity contribution is -0.119. The molecule has 1 N–H and O–H groups in total. The van der Waals surface area contributed by atoms with Crippen molar-refractivity contribution in [1.82, 2.24) is 5.32 Å². The van der Waals surface area contributed by atoms with E-state index in [9.17, 15) is 4.79 Å². The molecule has 2 heteroatoms. The third kappa shape index (κ3) is 2.01. The molecule has 0 aromatic carbocycles. The third-order valence-electron chi connectivity index (χ3n) is 2.10. The molecule has 0 radical (unpaired) electrons. The van der Waals surface area contributed by atoms with Crippen LogP contribution in [0.5, 0.6) is 0 Å². The van der Waals surface area contributed by atoms with E-state index in [-0.39, 0.29) is 5.91 Å². The fraction of sp³-hybridized carbons (Fsp3) is 0.875.